The lowest BCUT2D eigenvalue weighted by Gasteiger charge is -2.43. The number of hydrogen-bond donors (Lipinski definition) is 4. The number of carbonyl (C=O) groups excluding carboxylic acids is 1. The molecule has 0 bridgehead atoms. The molecule has 284 valence electrons. The Morgan fingerprint density at radius 1 is 0.849 bits per heavy atom. The van der Waals surface area contributed by atoms with Gasteiger partial charge in [-0.2, -0.15) is 13.2 Å². The van der Waals surface area contributed by atoms with Gasteiger partial charge in [0, 0.05) is 31.4 Å². The first-order valence-electron chi connectivity index (χ1n) is 18.2. The second-order valence-corrected chi connectivity index (χ2v) is 18.8. The molecule has 0 radical (unpaired) electrons. The van der Waals surface area contributed by atoms with Gasteiger partial charge in [0.2, 0.25) is 0 Å². The number of piperidine rings is 1. The number of aliphatic hydroxyl groups is 1. The molecule has 1 atom stereocenters. The first-order chi connectivity index (χ1) is 25.3. The molecule has 53 heavy (non-hydrogen) atoms. The zero-order chi connectivity index (χ0) is 37.9. The van der Waals surface area contributed by atoms with E-state index in [1.165, 1.54) is 15.3 Å². The minimum Gasteiger partial charge on any atom is -0.534 e. The normalized spacial score (nSPS) is 14.7. The van der Waals surface area contributed by atoms with E-state index < -0.39 is 33.2 Å². The van der Waals surface area contributed by atoms with Gasteiger partial charge in [0.05, 0.1) is 0 Å². The number of nitrogens with one attached hydrogen (secondary N) is 3. The van der Waals surface area contributed by atoms with Crippen LogP contribution in [-0.4, -0.2) is 82.0 Å². The second kappa shape index (κ2) is 18.0. The number of halogens is 3. The Morgan fingerprint density at radius 2 is 1.42 bits per heavy atom. The average molecular weight is 749 g/mol. The van der Waals surface area contributed by atoms with E-state index in [-0.39, 0.29) is 17.7 Å². The van der Waals surface area contributed by atoms with Gasteiger partial charge >= 0.3 is 20.5 Å². The van der Waals surface area contributed by atoms with Crippen LogP contribution in [0.2, 0.25) is 5.04 Å². The number of anilines is 1. The van der Waals surface area contributed by atoms with Crippen LogP contribution < -0.4 is 35.5 Å². The van der Waals surface area contributed by atoms with Gasteiger partial charge in [-0.25, -0.2) is 4.79 Å². The number of ether oxygens (including phenoxy) is 1. The number of alkyl halides is 3. The number of benzene rings is 4. The van der Waals surface area contributed by atoms with E-state index in [0.29, 0.717) is 44.8 Å². The number of aliphatic hydroxyl groups excluding tert-OH is 1. The molecular weight excluding hydrogens is 698 g/mol. The minimum atomic E-state index is -4.42. The molecule has 1 fully saturated rings. The molecule has 1 heterocycles. The van der Waals surface area contributed by atoms with Crippen LogP contribution >= 0.6 is 0 Å². The molecule has 4 N–H and O–H groups in total. The molecule has 8 nitrogen and oxygen atoms in total. The van der Waals surface area contributed by atoms with Crippen LogP contribution in [-0.2, 0) is 6.42 Å². The van der Waals surface area contributed by atoms with Crippen molar-refractivity contribution in [3.63, 3.8) is 0 Å². The van der Waals surface area contributed by atoms with Crippen molar-refractivity contribution in [1.29, 1.82) is 0 Å². The Balaban J connectivity index is 1.03. The lowest BCUT2D eigenvalue weighted by Crippen LogP contribution is -2.68. The molecule has 4 aromatic carbocycles. The van der Waals surface area contributed by atoms with Gasteiger partial charge in [-0.05, 0) is 83.2 Å². The Bertz CT molecular complexity index is 1660. The molecule has 1 aliphatic heterocycles. The van der Waals surface area contributed by atoms with Gasteiger partial charge in [-0.15, -0.1) is 0 Å². The predicted octanol–water partition coefficient (Wildman–Crippen LogP) is 6.35. The average Bonchev–Trinajstić information content (AvgIpc) is 3.15. The quantitative estimate of drug-likeness (QED) is 0.0838. The highest BCUT2D eigenvalue weighted by atomic mass is 28.4. The Labute approximate surface area is 311 Å². The topological polar surface area (TPSA) is 95.1 Å². The van der Waals surface area contributed by atoms with Crippen molar-refractivity contribution in [2.75, 3.05) is 44.6 Å². The summed E-state index contributed by atoms with van der Waals surface area (Å²) in [6.45, 7) is 7.44. The van der Waals surface area contributed by atoms with E-state index in [1.807, 2.05) is 66.0 Å². The van der Waals surface area contributed by atoms with Crippen LogP contribution in [0.25, 0.3) is 0 Å². The smallest absolute Gasteiger partial charge is 0.405 e. The summed E-state index contributed by atoms with van der Waals surface area (Å²) >= 11 is 0. The maximum Gasteiger partial charge on any atom is 0.405 e. The summed E-state index contributed by atoms with van der Waals surface area (Å²) in [7, 11) is -2.74. The van der Waals surface area contributed by atoms with Crippen molar-refractivity contribution in [2.24, 2.45) is 0 Å². The zero-order valence-corrected chi connectivity index (χ0v) is 31.7. The van der Waals surface area contributed by atoms with Crippen LogP contribution in [0.3, 0.4) is 0 Å². The van der Waals surface area contributed by atoms with Crippen molar-refractivity contribution < 1.29 is 32.2 Å². The molecule has 0 aliphatic carbocycles. The monoisotopic (exact) mass is 748 g/mol. The fourth-order valence-corrected chi connectivity index (χ4v) is 11.1. The summed E-state index contributed by atoms with van der Waals surface area (Å²) in [4.78, 5) is 13.4. The fraction of sp³-hybridized carbons (Fsp3) is 0.390. The molecule has 2 amide bonds. The molecule has 1 saturated heterocycles. The van der Waals surface area contributed by atoms with Crippen molar-refractivity contribution in [2.45, 2.75) is 63.4 Å². The number of nitrogens with zero attached hydrogens (tertiary/aromatic N) is 1. The summed E-state index contributed by atoms with van der Waals surface area (Å²) in [5.41, 5.74) is 2.10. The number of likely N-dealkylation sites (tertiary alicyclic amines) is 1. The number of urea groups is 1. The second-order valence-electron chi connectivity index (χ2n) is 14.5. The van der Waals surface area contributed by atoms with E-state index in [1.54, 1.807) is 0 Å². The van der Waals surface area contributed by atoms with Crippen molar-refractivity contribution in [3.05, 3.63) is 115 Å². The van der Waals surface area contributed by atoms with Gasteiger partial charge in [-0.3, -0.25) is 0 Å². The van der Waals surface area contributed by atoms with Gasteiger partial charge in [0.15, 0.2) is 0 Å². The van der Waals surface area contributed by atoms with Crippen LogP contribution in [0.4, 0.5) is 23.7 Å². The van der Waals surface area contributed by atoms with E-state index >= 15 is 0 Å². The van der Waals surface area contributed by atoms with E-state index in [2.05, 4.69) is 79.9 Å². The first-order valence-corrected chi connectivity index (χ1v) is 20.1. The van der Waals surface area contributed by atoms with Gasteiger partial charge in [0.1, 0.15) is 30.8 Å². The van der Waals surface area contributed by atoms with Crippen LogP contribution in [0, 0.1) is 0 Å². The number of hydrogen-bond acceptors (Lipinski definition) is 6. The number of rotatable bonds is 15. The van der Waals surface area contributed by atoms with Gasteiger partial charge < -0.3 is 35.1 Å². The minimum absolute atomic E-state index is 0.137. The highest BCUT2D eigenvalue weighted by Crippen LogP contribution is 2.38. The SMILES string of the molecule is CC(C)(C)[Si](Oc1ccc(OC[C@@H](O)CNCCc2ccc(NC3CCN(C(=O)NCC(F)(F)F)CC3)cc2)cc1)(c1ccccc1)c1ccccc1. The molecule has 1 aliphatic rings. The predicted molar refractivity (Wildman–Crippen MR) is 207 cm³/mol. The summed E-state index contributed by atoms with van der Waals surface area (Å²) < 4.78 is 50.1. The third kappa shape index (κ3) is 11.2. The zero-order valence-electron chi connectivity index (χ0n) is 30.7. The van der Waals surface area contributed by atoms with Crippen molar-refractivity contribution in [3.8, 4) is 11.5 Å². The number of amides is 2. The molecule has 0 aromatic heterocycles. The summed E-state index contributed by atoms with van der Waals surface area (Å²) in [5.74, 6) is 1.43. The molecule has 0 saturated carbocycles. The highest BCUT2D eigenvalue weighted by Gasteiger charge is 2.52. The third-order valence-corrected chi connectivity index (χ3v) is 14.4. The van der Waals surface area contributed by atoms with Crippen molar-refractivity contribution >= 4 is 30.4 Å². The third-order valence-electron chi connectivity index (χ3n) is 9.47. The maximum absolute atomic E-state index is 12.4. The van der Waals surface area contributed by atoms with E-state index in [0.717, 1.165) is 23.4 Å². The largest absolute Gasteiger partial charge is 0.534 e. The lowest BCUT2D eigenvalue weighted by molar-refractivity contribution is -0.123. The molecular formula is C41H51F3N4O4Si. The lowest BCUT2D eigenvalue weighted by atomic mass is 10.0. The van der Waals surface area contributed by atoms with Crippen LogP contribution in [0.5, 0.6) is 11.5 Å². The highest BCUT2D eigenvalue weighted by molar-refractivity contribution is 7.00. The molecule has 4 aromatic rings. The van der Waals surface area contributed by atoms with Gasteiger partial charge in [-0.1, -0.05) is 93.6 Å². The molecule has 0 spiro atoms. The Hall–Kier alpha value is -4.52. The molecule has 12 heteroatoms. The first kappa shape index (κ1) is 39.7. The van der Waals surface area contributed by atoms with Crippen molar-refractivity contribution in [1.82, 2.24) is 15.5 Å². The molecule has 0 unspecified atom stereocenters. The summed E-state index contributed by atoms with van der Waals surface area (Å²) in [6.07, 6.45) is -3.02. The standard InChI is InChI=1S/C41H51F3N4O4Si/c1-40(2,3)53(37-10-6-4-7-11-37,38-12-8-5-9-13-38)52-36-20-18-35(19-21-36)51-29-34(49)28-45-25-22-31-14-16-32(17-15-31)47-33-23-26-48(27-24-33)39(50)46-30-41(42,43)44/h4-21,33-34,45,47,49H,22-30H2,1-3H3,(H,46,50)/t34-/m0/s1. The summed E-state index contributed by atoms with van der Waals surface area (Å²) in [6, 6.07) is 36.2. The molecule has 5 rings (SSSR count). The van der Waals surface area contributed by atoms with E-state index in [9.17, 15) is 23.1 Å². The van der Waals surface area contributed by atoms with Gasteiger partial charge in [0.25, 0.3) is 0 Å². The summed E-state index contributed by atoms with van der Waals surface area (Å²) in [5, 5.41) is 21.5. The Kier molecular flexibility index (Phi) is 13.5. The number of carbonyl (C=O) groups is 1. The Morgan fingerprint density at radius 3 is 1.96 bits per heavy atom. The maximum atomic E-state index is 12.4. The van der Waals surface area contributed by atoms with Crippen LogP contribution in [0.15, 0.2) is 109 Å². The fourth-order valence-electron chi connectivity index (χ4n) is 6.70. The van der Waals surface area contributed by atoms with Crippen LogP contribution in [0.1, 0.15) is 39.2 Å². The van der Waals surface area contributed by atoms with E-state index in [4.69, 9.17) is 9.16 Å².